The van der Waals surface area contributed by atoms with Crippen LogP contribution in [-0.2, 0) is 4.84 Å². The van der Waals surface area contributed by atoms with E-state index in [9.17, 15) is 23.3 Å². The van der Waals surface area contributed by atoms with Gasteiger partial charge in [-0.15, -0.1) is 0 Å². The van der Waals surface area contributed by atoms with Gasteiger partial charge >= 0.3 is 6.18 Å². The summed E-state index contributed by atoms with van der Waals surface area (Å²) in [6, 6.07) is 5.14. The highest BCUT2D eigenvalue weighted by Gasteiger charge is 2.28. The number of benzene rings is 1. The Morgan fingerprint density at radius 2 is 2.16 bits per heavy atom. The van der Waals surface area contributed by atoms with E-state index in [1.54, 1.807) is 13.0 Å². The van der Waals surface area contributed by atoms with E-state index in [0.717, 1.165) is 0 Å². The predicted octanol–water partition coefficient (Wildman–Crippen LogP) is 3.13. The van der Waals surface area contributed by atoms with Crippen LogP contribution >= 0.6 is 0 Å². The van der Waals surface area contributed by atoms with Gasteiger partial charge in [-0.2, -0.15) is 18.7 Å². The second-order valence-electron chi connectivity index (χ2n) is 3.83. The number of nitro groups is 1. The molecule has 106 valence electrons. The number of hydrogen-bond acceptors (Lipinski definition) is 4. The summed E-state index contributed by atoms with van der Waals surface area (Å²) in [5, 5.41) is 10.6. The van der Waals surface area contributed by atoms with Gasteiger partial charge < -0.3 is 0 Å². The maximum Gasteiger partial charge on any atom is 0.413 e. The van der Waals surface area contributed by atoms with Gasteiger partial charge in [0.15, 0.2) is 6.61 Å². The van der Waals surface area contributed by atoms with Crippen molar-refractivity contribution in [3.63, 3.8) is 0 Å². The van der Waals surface area contributed by atoms with Crippen molar-refractivity contribution in [2.24, 2.45) is 0 Å². The molecule has 1 aromatic carbocycles. The molecule has 19 heavy (non-hydrogen) atoms. The summed E-state index contributed by atoms with van der Waals surface area (Å²) in [4.78, 5) is 14.4. The summed E-state index contributed by atoms with van der Waals surface area (Å²) in [6.07, 6.45) is -3.99. The van der Waals surface area contributed by atoms with Crippen LogP contribution in [0.25, 0.3) is 0 Å². The largest absolute Gasteiger partial charge is 0.413 e. The van der Waals surface area contributed by atoms with Gasteiger partial charge in [-0.25, -0.2) is 0 Å². The van der Waals surface area contributed by atoms with Gasteiger partial charge in [-0.1, -0.05) is 19.1 Å². The molecule has 1 aromatic rings. The molecule has 0 spiro atoms. The van der Waals surface area contributed by atoms with E-state index in [1.807, 2.05) is 0 Å². The average molecular weight is 278 g/mol. The highest BCUT2D eigenvalue weighted by molar-refractivity contribution is 5.35. The molecule has 1 rings (SSSR count). The first kappa shape index (κ1) is 15.4. The number of hydrogen-bond donors (Lipinski definition) is 1. The molecule has 0 bridgehead atoms. The fraction of sp³-hybridized carbons (Fsp3) is 0.455. The third kappa shape index (κ3) is 5.23. The lowest BCUT2D eigenvalue weighted by Crippen LogP contribution is -2.27. The lowest BCUT2D eigenvalue weighted by atomic mass is 10.1. The van der Waals surface area contributed by atoms with Crippen LogP contribution in [0.3, 0.4) is 0 Å². The van der Waals surface area contributed by atoms with E-state index in [2.05, 4.69) is 10.3 Å². The Bertz CT molecular complexity index is 437. The molecule has 0 aliphatic rings. The molecule has 1 atom stereocenters. The van der Waals surface area contributed by atoms with Gasteiger partial charge in [0.1, 0.15) is 0 Å². The SMILES string of the molecule is CCC(NOCC(F)(F)F)c1cccc([N+](=O)[O-])c1. The molecule has 0 fully saturated rings. The highest BCUT2D eigenvalue weighted by Crippen LogP contribution is 2.22. The molecule has 0 saturated heterocycles. The van der Waals surface area contributed by atoms with Crippen molar-refractivity contribution in [2.75, 3.05) is 6.61 Å². The lowest BCUT2D eigenvalue weighted by molar-refractivity contribution is -0.385. The van der Waals surface area contributed by atoms with Crippen molar-refractivity contribution >= 4 is 5.69 Å². The van der Waals surface area contributed by atoms with Crippen LogP contribution in [0.5, 0.6) is 0 Å². The molecular weight excluding hydrogens is 265 g/mol. The zero-order valence-electron chi connectivity index (χ0n) is 10.1. The van der Waals surface area contributed by atoms with Gasteiger partial charge in [-0.3, -0.25) is 15.0 Å². The van der Waals surface area contributed by atoms with Gasteiger partial charge in [-0.05, 0) is 12.0 Å². The minimum Gasteiger partial charge on any atom is -0.292 e. The normalized spacial score (nSPS) is 13.3. The Morgan fingerprint density at radius 1 is 1.47 bits per heavy atom. The minimum atomic E-state index is -4.42. The van der Waals surface area contributed by atoms with Crippen molar-refractivity contribution in [1.82, 2.24) is 5.48 Å². The summed E-state index contributed by atoms with van der Waals surface area (Å²) in [7, 11) is 0. The van der Waals surface area contributed by atoms with Crippen LogP contribution in [0.2, 0.25) is 0 Å². The van der Waals surface area contributed by atoms with E-state index < -0.39 is 23.7 Å². The second kappa shape index (κ2) is 6.48. The van der Waals surface area contributed by atoms with Crippen molar-refractivity contribution in [1.29, 1.82) is 0 Å². The summed E-state index contributed by atoms with van der Waals surface area (Å²) in [5.74, 6) is 0. The number of alkyl halides is 3. The summed E-state index contributed by atoms with van der Waals surface area (Å²) >= 11 is 0. The monoisotopic (exact) mass is 278 g/mol. The van der Waals surface area contributed by atoms with E-state index in [0.29, 0.717) is 12.0 Å². The molecule has 0 aliphatic carbocycles. The molecule has 0 amide bonds. The first-order valence-corrected chi connectivity index (χ1v) is 5.52. The summed E-state index contributed by atoms with van der Waals surface area (Å²) in [5.41, 5.74) is 2.65. The second-order valence-corrected chi connectivity index (χ2v) is 3.83. The Balaban J connectivity index is 2.69. The van der Waals surface area contributed by atoms with E-state index >= 15 is 0 Å². The minimum absolute atomic E-state index is 0.117. The molecular formula is C11H13F3N2O3. The third-order valence-corrected chi connectivity index (χ3v) is 2.35. The fourth-order valence-corrected chi connectivity index (χ4v) is 1.47. The van der Waals surface area contributed by atoms with Gasteiger partial charge in [0.2, 0.25) is 0 Å². The standard InChI is InChI=1S/C11H13F3N2O3/c1-2-10(15-19-7-11(12,13)14)8-4-3-5-9(6-8)16(17)18/h3-6,10,15H,2,7H2,1H3. The topological polar surface area (TPSA) is 64.4 Å². The van der Waals surface area contributed by atoms with Crippen molar-refractivity contribution in [2.45, 2.75) is 25.6 Å². The van der Waals surface area contributed by atoms with Crippen LogP contribution in [0.15, 0.2) is 24.3 Å². The quantitative estimate of drug-likeness (QED) is 0.641. The number of nitrogens with one attached hydrogen (secondary N) is 1. The fourth-order valence-electron chi connectivity index (χ4n) is 1.47. The third-order valence-electron chi connectivity index (χ3n) is 2.35. The Hall–Kier alpha value is -1.67. The molecule has 5 nitrogen and oxygen atoms in total. The van der Waals surface area contributed by atoms with Gasteiger partial charge in [0, 0.05) is 12.1 Å². The highest BCUT2D eigenvalue weighted by atomic mass is 19.4. The number of nitro benzene ring substituents is 1. The molecule has 0 saturated carbocycles. The summed E-state index contributed by atoms with van der Waals surface area (Å²) < 4.78 is 35.8. The van der Waals surface area contributed by atoms with E-state index in [4.69, 9.17) is 0 Å². The molecule has 0 radical (unpaired) electrons. The van der Waals surface area contributed by atoms with Crippen LogP contribution in [-0.4, -0.2) is 17.7 Å². The molecule has 0 aromatic heterocycles. The maximum absolute atomic E-state index is 11.9. The van der Waals surface area contributed by atoms with E-state index in [1.165, 1.54) is 18.2 Å². The Labute approximate surface area is 107 Å². The number of rotatable bonds is 6. The van der Waals surface area contributed by atoms with Crippen molar-refractivity contribution < 1.29 is 22.9 Å². The summed E-state index contributed by atoms with van der Waals surface area (Å²) in [6.45, 7) is 0.311. The molecule has 0 heterocycles. The van der Waals surface area contributed by atoms with Crippen LogP contribution in [0.1, 0.15) is 24.9 Å². The van der Waals surface area contributed by atoms with Crippen LogP contribution in [0, 0.1) is 10.1 Å². The Morgan fingerprint density at radius 3 is 2.68 bits per heavy atom. The first-order valence-electron chi connectivity index (χ1n) is 5.52. The number of non-ortho nitro benzene ring substituents is 1. The zero-order chi connectivity index (χ0) is 14.5. The number of nitrogens with zero attached hydrogens (tertiary/aromatic N) is 1. The predicted molar refractivity (Wildman–Crippen MR) is 61.3 cm³/mol. The smallest absolute Gasteiger partial charge is 0.292 e. The molecule has 1 N–H and O–H groups in total. The molecule has 0 aliphatic heterocycles. The molecule has 8 heteroatoms. The number of hydroxylamine groups is 1. The first-order chi connectivity index (χ1) is 8.83. The zero-order valence-corrected chi connectivity index (χ0v) is 10.1. The van der Waals surface area contributed by atoms with Crippen LogP contribution < -0.4 is 5.48 Å². The van der Waals surface area contributed by atoms with E-state index in [-0.39, 0.29) is 5.69 Å². The van der Waals surface area contributed by atoms with Gasteiger partial charge in [0.25, 0.3) is 5.69 Å². The lowest BCUT2D eigenvalue weighted by Gasteiger charge is -2.17. The number of halogens is 3. The average Bonchev–Trinajstić information content (AvgIpc) is 2.33. The van der Waals surface area contributed by atoms with Crippen LogP contribution in [0.4, 0.5) is 18.9 Å². The van der Waals surface area contributed by atoms with Crippen molar-refractivity contribution in [3.8, 4) is 0 Å². The Kier molecular flexibility index (Phi) is 5.25. The molecule has 1 unspecified atom stereocenters. The van der Waals surface area contributed by atoms with Gasteiger partial charge in [0.05, 0.1) is 11.0 Å². The van der Waals surface area contributed by atoms with Crippen molar-refractivity contribution in [3.05, 3.63) is 39.9 Å². The maximum atomic E-state index is 11.9.